The van der Waals surface area contributed by atoms with E-state index in [2.05, 4.69) is 0 Å². The number of benzene rings is 1. The van der Waals surface area contributed by atoms with E-state index in [1.807, 2.05) is 0 Å². The first-order valence-electron chi connectivity index (χ1n) is 11.7. The summed E-state index contributed by atoms with van der Waals surface area (Å²) in [5, 5.41) is 69.4. The normalized spacial score (nSPS) is 34.7. The van der Waals surface area contributed by atoms with Gasteiger partial charge in [-0.1, -0.05) is 18.2 Å². The molecule has 0 bridgehead atoms. The predicted octanol–water partition coefficient (Wildman–Crippen LogP) is -1.38. The lowest BCUT2D eigenvalue weighted by Crippen LogP contribution is -2.60. The molecule has 1 aromatic carbocycles. The van der Waals surface area contributed by atoms with Gasteiger partial charge in [0.25, 0.3) is 0 Å². The molecule has 2 aliphatic heterocycles. The second-order valence-electron chi connectivity index (χ2n) is 9.03. The van der Waals surface area contributed by atoms with Gasteiger partial charge in [-0.25, -0.2) is 9.59 Å². The summed E-state index contributed by atoms with van der Waals surface area (Å²) in [5.41, 5.74) is 0.636. The van der Waals surface area contributed by atoms with E-state index in [4.69, 9.17) is 18.9 Å². The van der Waals surface area contributed by atoms with E-state index in [1.165, 1.54) is 24.3 Å². The van der Waals surface area contributed by atoms with Crippen molar-refractivity contribution in [2.24, 2.45) is 11.8 Å². The lowest BCUT2D eigenvalue weighted by Gasteiger charge is -2.43. The van der Waals surface area contributed by atoms with Crippen molar-refractivity contribution in [1.82, 2.24) is 0 Å². The topological polar surface area (TPSA) is 213 Å². The van der Waals surface area contributed by atoms with Gasteiger partial charge in [-0.2, -0.15) is 0 Å². The first kappa shape index (κ1) is 27.7. The Kier molecular flexibility index (Phi) is 8.47. The highest BCUT2D eigenvalue weighted by molar-refractivity contribution is 5.88. The summed E-state index contributed by atoms with van der Waals surface area (Å²) in [7, 11) is 0. The molecule has 1 saturated heterocycles. The monoisotopic (exact) mass is 536 g/mol. The molecule has 0 radical (unpaired) electrons. The van der Waals surface area contributed by atoms with Gasteiger partial charge in [0.1, 0.15) is 36.8 Å². The maximum Gasteiger partial charge on any atom is 0.335 e. The third-order valence-electron chi connectivity index (χ3n) is 6.60. The van der Waals surface area contributed by atoms with Gasteiger partial charge in [-0.3, -0.25) is 0 Å². The first-order valence-corrected chi connectivity index (χ1v) is 11.7. The molecule has 13 heteroatoms. The Labute approximate surface area is 216 Å². The van der Waals surface area contributed by atoms with Crippen LogP contribution in [0.1, 0.15) is 5.56 Å². The predicted molar refractivity (Wildman–Crippen MR) is 125 cm³/mol. The summed E-state index contributed by atoms with van der Waals surface area (Å²) in [6, 6.07) is 6.06. The van der Waals surface area contributed by atoms with Crippen LogP contribution in [0.3, 0.4) is 0 Å². The van der Waals surface area contributed by atoms with Crippen LogP contribution >= 0.6 is 0 Å². The van der Waals surface area contributed by atoms with Gasteiger partial charge in [-0.05, 0) is 29.3 Å². The number of fused-ring (bicyclic) bond motifs is 1. The van der Waals surface area contributed by atoms with Crippen molar-refractivity contribution in [1.29, 1.82) is 0 Å². The van der Waals surface area contributed by atoms with Crippen LogP contribution in [-0.2, 0) is 28.5 Å². The number of esters is 1. The molecule has 1 aliphatic carbocycles. The summed E-state index contributed by atoms with van der Waals surface area (Å²) in [6.07, 6.45) is -5.77. The smallest absolute Gasteiger partial charge is 0.335 e. The van der Waals surface area contributed by atoms with E-state index in [1.54, 1.807) is 12.1 Å². The Hall–Kier alpha value is -3.30. The summed E-state index contributed by atoms with van der Waals surface area (Å²) < 4.78 is 21.8. The molecule has 206 valence electrons. The number of aromatic hydroxyl groups is 1. The molecule has 38 heavy (non-hydrogen) atoms. The van der Waals surface area contributed by atoms with Crippen LogP contribution in [-0.4, -0.2) is 104 Å². The van der Waals surface area contributed by atoms with Gasteiger partial charge in [0.2, 0.25) is 6.29 Å². The number of hydrogen-bond acceptors (Lipinski definition) is 12. The number of ether oxygens (including phenoxy) is 4. The minimum absolute atomic E-state index is 0.0657. The van der Waals surface area contributed by atoms with Gasteiger partial charge in [-0.15, -0.1) is 0 Å². The standard InChI is InChI=1S/C25H28O13/c26-8-16-20(30)21(31)22(32)25(37-16)38-24-18-12(7-15(28)19(18)14(10-36-24)23(33)34)9-35-17(29)6-3-11-1-4-13(27)5-2-11/h1-7,10,15-16,18-22,24-28,30-32H,8-9H2,(H,33,34)/b6-3-/t15-,16-,18-,19+,20-,21+,22-,24+,25+/m1/s1. The zero-order valence-corrected chi connectivity index (χ0v) is 19.8. The van der Waals surface area contributed by atoms with Gasteiger partial charge in [0.05, 0.1) is 30.5 Å². The Morgan fingerprint density at radius 1 is 0.974 bits per heavy atom. The van der Waals surface area contributed by atoms with Gasteiger partial charge in [0.15, 0.2) is 6.29 Å². The summed E-state index contributed by atoms with van der Waals surface area (Å²) >= 11 is 0. The maximum absolute atomic E-state index is 12.3. The van der Waals surface area contributed by atoms with Crippen molar-refractivity contribution in [2.75, 3.05) is 13.2 Å². The lowest BCUT2D eigenvalue weighted by molar-refractivity contribution is -0.340. The molecule has 9 atom stereocenters. The molecule has 0 spiro atoms. The molecular formula is C25H28O13. The number of phenols is 1. The van der Waals surface area contributed by atoms with E-state index in [0.29, 0.717) is 5.56 Å². The van der Waals surface area contributed by atoms with E-state index >= 15 is 0 Å². The molecule has 0 aromatic heterocycles. The highest BCUT2D eigenvalue weighted by Crippen LogP contribution is 2.44. The van der Waals surface area contributed by atoms with Crippen molar-refractivity contribution < 1.29 is 64.3 Å². The molecule has 0 unspecified atom stereocenters. The van der Waals surface area contributed by atoms with E-state index in [9.17, 15) is 45.3 Å². The van der Waals surface area contributed by atoms with Crippen molar-refractivity contribution in [3.05, 3.63) is 59.4 Å². The van der Waals surface area contributed by atoms with Crippen molar-refractivity contribution >= 4 is 18.0 Å². The molecule has 1 aromatic rings. The van der Waals surface area contributed by atoms with Crippen molar-refractivity contribution in [3.63, 3.8) is 0 Å². The molecule has 4 rings (SSSR count). The largest absolute Gasteiger partial charge is 0.508 e. The number of phenolic OH excluding ortho intramolecular Hbond substituents is 1. The van der Waals surface area contributed by atoms with Crippen LogP contribution in [0.5, 0.6) is 5.75 Å². The zero-order valence-electron chi connectivity index (χ0n) is 19.8. The quantitative estimate of drug-likeness (QED) is 0.116. The molecule has 7 N–H and O–H groups in total. The zero-order chi connectivity index (χ0) is 27.6. The van der Waals surface area contributed by atoms with Crippen LogP contribution in [0, 0.1) is 11.8 Å². The number of carboxylic acids is 1. The average Bonchev–Trinajstić information content (AvgIpc) is 3.23. The van der Waals surface area contributed by atoms with Crippen LogP contribution < -0.4 is 0 Å². The Morgan fingerprint density at radius 3 is 2.34 bits per heavy atom. The number of carbonyl (C=O) groups is 2. The number of carboxylic acid groups (broad SMARTS) is 1. The average molecular weight is 536 g/mol. The number of aliphatic carboxylic acids is 1. The minimum Gasteiger partial charge on any atom is -0.508 e. The van der Waals surface area contributed by atoms with E-state index < -0.39 is 73.5 Å². The highest BCUT2D eigenvalue weighted by Gasteiger charge is 2.52. The summed E-state index contributed by atoms with van der Waals surface area (Å²) in [4.78, 5) is 24.1. The molecule has 1 fully saturated rings. The van der Waals surface area contributed by atoms with Crippen molar-refractivity contribution in [3.8, 4) is 5.75 Å². The van der Waals surface area contributed by atoms with Crippen LogP contribution in [0.25, 0.3) is 6.08 Å². The molecule has 13 nitrogen and oxygen atoms in total. The van der Waals surface area contributed by atoms with E-state index in [0.717, 1.165) is 12.3 Å². The highest BCUT2D eigenvalue weighted by atomic mass is 16.8. The number of rotatable bonds is 8. The molecule has 2 heterocycles. The third-order valence-corrected chi connectivity index (χ3v) is 6.60. The molecule has 0 saturated carbocycles. The molecule has 0 amide bonds. The molecular weight excluding hydrogens is 508 g/mol. The van der Waals surface area contributed by atoms with Gasteiger partial charge < -0.3 is 54.7 Å². The van der Waals surface area contributed by atoms with Crippen LogP contribution in [0.15, 0.2) is 53.8 Å². The second kappa shape index (κ2) is 11.6. The fourth-order valence-electron chi connectivity index (χ4n) is 4.62. The lowest BCUT2D eigenvalue weighted by atomic mass is 9.82. The number of hydrogen-bond donors (Lipinski definition) is 7. The Bertz CT molecular complexity index is 1110. The third kappa shape index (κ3) is 5.73. The number of aliphatic hydroxyl groups excluding tert-OH is 5. The van der Waals surface area contributed by atoms with Crippen molar-refractivity contribution in [2.45, 2.75) is 43.1 Å². The Balaban J connectivity index is 1.49. The van der Waals surface area contributed by atoms with E-state index in [-0.39, 0.29) is 23.5 Å². The number of aliphatic hydroxyl groups is 5. The number of carbonyl (C=O) groups excluding carboxylic acids is 1. The first-order chi connectivity index (χ1) is 18.1. The Morgan fingerprint density at radius 2 is 1.68 bits per heavy atom. The summed E-state index contributed by atoms with van der Waals surface area (Å²) in [6.45, 7) is -1.05. The van der Waals surface area contributed by atoms with Gasteiger partial charge >= 0.3 is 11.9 Å². The SMILES string of the molecule is O=C(/C=C\c1ccc(O)cc1)OCC1=C[C@@H](O)[C@@H]2C(C(=O)O)=CO[C@@H](O[C@@H]3O[C@H](CO)[C@@H](O)[C@H](O)[C@H]3O)[C@H]12. The fraction of sp³-hybridized carbons (Fsp3) is 0.440. The second-order valence-corrected chi connectivity index (χ2v) is 9.03. The van der Waals surface area contributed by atoms with Gasteiger partial charge in [0, 0.05) is 12.0 Å². The van der Waals surface area contributed by atoms with Crippen LogP contribution in [0.4, 0.5) is 0 Å². The minimum atomic E-state index is -1.75. The summed E-state index contributed by atoms with van der Waals surface area (Å²) in [5.74, 6) is -4.08. The molecule has 3 aliphatic rings. The van der Waals surface area contributed by atoms with Crippen LogP contribution in [0.2, 0.25) is 0 Å². The maximum atomic E-state index is 12.3. The fourth-order valence-corrected chi connectivity index (χ4v) is 4.62.